The van der Waals surface area contributed by atoms with Crippen molar-refractivity contribution in [2.75, 3.05) is 30.8 Å². The maximum Gasteiger partial charge on any atom is 0.140 e. The first kappa shape index (κ1) is 13.1. The smallest absolute Gasteiger partial charge is 0.140 e. The van der Waals surface area contributed by atoms with E-state index in [9.17, 15) is 0 Å². The summed E-state index contributed by atoms with van der Waals surface area (Å²) in [5.74, 6) is 1.53. The molecule has 0 spiro atoms. The third kappa shape index (κ3) is 2.29. The molecule has 1 aromatic heterocycles. The molecule has 1 fully saturated rings. The minimum Gasteiger partial charge on any atom is -0.399 e. The Bertz CT molecular complexity index is 616. The Morgan fingerprint density at radius 1 is 1.35 bits per heavy atom. The molecule has 2 unspecified atom stereocenters. The van der Waals surface area contributed by atoms with Gasteiger partial charge in [0.15, 0.2) is 0 Å². The molecule has 0 radical (unpaired) electrons. The summed E-state index contributed by atoms with van der Waals surface area (Å²) >= 11 is 0. The van der Waals surface area contributed by atoms with Crippen LogP contribution in [0.2, 0.25) is 0 Å². The first-order chi connectivity index (χ1) is 9.69. The SMILES string of the molecule is COC1CN(c2ncnc3ccc(N)cc23)CCC1C. The number of hydrogen-bond donors (Lipinski definition) is 1. The largest absolute Gasteiger partial charge is 0.399 e. The summed E-state index contributed by atoms with van der Waals surface area (Å²) < 4.78 is 5.58. The minimum absolute atomic E-state index is 0.245. The molecule has 1 aromatic carbocycles. The van der Waals surface area contributed by atoms with Crippen molar-refractivity contribution in [2.24, 2.45) is 5.92 Å². The van der Waals surface area contributed by atoms with E-state index in [-0.39, 0.29) is 6.10 Å². The van der Waals surface area contributed by atoms with Crippen molar-refractivity contribution < 1.29 is 4.74 Å². The summed E-state index contributed by atoms with van der Waals surface area (Å²) in [4.78, 5) is 11.1. The summed E-state index contributed by atoms with van der Waals surface area (Å²) in [6.07, 6.45) is 2.97. The van der Waals surface area contributed by atoms with Crippen LogP contribution in [0.1, 0.15) is 13.3 Å². The van der Waals surface area contributed by atoms with Gasteiger partial charge in [0.1, 0.15) is 12.1 Å². The predicted molar refractivity (Wildman–Crippen MR) is 80.7 cm³/mol. The lowest BCUT2D eigenvalue weighted by Crippen LogP contribution is -2.44. The number of nitrogens with two attached hydrogens (primary N) is 1. The summed E-state index contributed by atoms with van der Waals surface area (Å²) in [6.45, 7) is 4.09. The van der Waals surface area contributed by atoms with Crippen LogP contribution in [0.3, 0.4) is 0 Å². The first-order valence-corrected chi connectivity index (χ1v) is 6.97. The summed E-state index contributed by atoms with van der Waals surface area (Å²) in [5, 5.41) is 1.01. The van der Waals surface area contributed by atoms with Gasteiger partial charge in [0.25, 0.3) is 0 Å². The van der Waals surface area contributed by atoms with Crippen molar-refractivity contribution in [3.63, 3.8) is 0 Å². The zero-order valence-corrected chi connectivity index (χ0v) is 11.9. The second kappa shape index (κ2) is 5.25. The van der Waals surface area contributed by atoms with Crippen molar-refractivity contribution in [1.29, 1.82) is 0 Å². The Hall–Kier alpha value is -1.88. The number of nitrogen functional groups attached to an aromatic ring is 1. The fourth-order valence-electron chi connectivity index (χ4n) is 2.85. The Kier molecular flexibility index (Phi) is 3.44. The van der Waals surface area contributed by atoms with Gasteiger partial charge in [-0.3, -0.25) is 0 Å². The van der Waals surface area contributed by atoms with E-state index < -0.39 is 0 Å². The number of aromatic nitrogens is 2. The number of fused-ring (bicyclic) bond motifs is 1. The van der Waals surface area contributed by atoms with Crippen LogP contribution in [0.25, 0.3) is 10.9 Å². The van der Waals surface area contributed by atoms with Crippen LogP contribution in [0.5, 0.6) is 0 Å². The van der Waals surface area contributed by atoms with Gasteiger partial charge in [-0.05, 0) is 30.5 Å². The number of nitrogens with zero attached hydrogens (tertiary/aromatic N) is 3. The van der Waals surface area contributed by atoms with Gasteiger partial charge in [0.2, 0.25) is 0 Å². The van der Waals surface area contributed by atoms with E-state index in [2.05, 4.69) is 21.8 Å². The van der Waals surface area contributed by atoms with Gasteiger partial charge in [0.05, 0.1) is 11.6 Å². The molecule has 1 aliphatic rings. The molecule has 0 bridgehead atoms. The molecule has 20 heavy (non-hydrogen) atoms. The van der Waals surface area contributed by atoms with Crippen molar-refractivity contribution in [3.05, 3.63) is 24.5 Å². The number of hydrogen-bond acceptors (Lipinski definition) is 5. The number of anilines is 2. The van der Waals surface area contributed by atoms with E-state index in [4.69, 9.17) is 10.5 Å². The van der Waals surface area contributed by atoms with Crippen LogP contribution < -0.4 is 10.6 Å². The minimum atomic E-state index is 0.245. The molecule has 2 aromatic rings. The third-order valence-electron chi connectivity index (χ3n) is 4.13. The summed E-state index contributed by atoms with van der Waals surface area (Å²) in [7, 11) is 1.78. The highest BCUT2D eigenvalue weighted by Crippen LogP contribution is 2.29. The monoisotopic (exact) mass is 272 g/mol. The number of ether oxygens (including phenoxy) is 1. The van der Waals surface area contributed by atoms with E-state index in [0.717, 1.165) is 41.9 Å². The average molecular weight is 272 g/mol. The van der Waals surface area contributed by atoms with Gasteiger partial charge in [-0.2, -0.15) is 0 Å². The van der Waals surface area contributed by atoms with Gasteiger partial charge in [-0.1, -0.05) is 6.92 Å². The zero-order chi connectivity index (χ0) is 14.1. The summed E-state index contributed by atoms with van der Waals surface area (Å²) in [6, 6.07) is 5.76. The maximum absolute atomic E-state index is 5.90. The Labute approximate surface area is 118 Å². The van der Waals surface area contributed by atoms with E-state index in [1.165, 1.54) is 0 Å². The number of rotatable bonds is 2. The van der Waals surface area contributed by atoms with Crippen LogP contribution in [-0.2, 0) is 4.74 Å². The molecular weight excluding hydrogens is 252 g/mol. The molecule has 0 amide bonds. The first-order valence-electron chi connectivity index (χ1n) is 6.97. The molecule has 5 heteroatoms. The van der Waals surface area contributed by atoms with E-state index >= 15 is 0 Å². The van der Waals surface area contributed by atoms with Crippen molar-refractivity contribution in [2.45, 2.75) is 19.4 Å². The topological polar surface area (TPSA) is 64.3 Å². The third-order valence-corrected chi connectivity index (χ3v) is 4.13. The Morgan fingerprint density at radius 3 is 3.00 bits per heavy atom. The quantitative estimate of drug-likeness (QED) is 0.848. The highest BCUT2D eigenvalue weighted by Gasteiger charge is 2.27. The van der Waals surface area contributed by atoms with Crippen molar-refractivity contribution >= 4 is 22.4 Å². The van der Waals surface area contributed by atoms with Crippen LogP contribution in [0, 0.1) is 5.92 Å². The molecule has 1 aliphatic heterocycles. The van der Waals surface area contributed by atoms with Gasteiger partial charge in [-0.25, -0.2) is 9.97 Å². The number of benzene rings is 1. The van der Waals surface area contributed by atoms with Gasteiger partial charge in [0, 0.05) is 31.3 Å². The molecule has 5 nitrogen and oxygen atoms in total. The predicted octanol–water partition coefficient (Wildman–Crippen LogP) is 2.07. The lowest BCUT2D eigenvalue weighted by molar-refractivity contribution is 0.0497. The average Bonchev–Trinajstić information content (AvgIpc) is 2.47. The number of piperidine rings is 1. The van der Waals surface area contributed by atoms with E-state index in [1.807, 2.05) is 18.2 Å². The molecule has 1 saturated heterocycles. The van der Waals surface area contributed by atoms with E-state index in [0.29, 0.717) is 5.92 Å². The van der Waals surface area contributed by atoms with Crippen LogP contribution >= 0.6 is 0 Å². The van der Waals surface area contributed by atoms with Crippen LogP contribution in [0.4, 0.5) is 11.5 Å². The molecule has 2 atom stereocenters. The fraction of sp³-hybridized carbons (Fsp3) is 0.467. The van der Waals surface area contributed by atoms with E-state index in [1.54, 1.807) is 13.4 Å². The molecule has 0 saturated carbocycles. The molecule has 2 heterocycles. The van der Waals surface area contributed by atoms with Gasteiger partial charge >= 0.3 is 0 Å². The molecule has 0 aliphatic carbocycles. The van der Waals surface area contributed by atoms with Gasteiger partial charge in [-0.15, -0.1) is 0 Å². The highest BCUT2D eigenvalue weighted by atomic mass is 16.5. The fourth-order valence-corrected chi connectivity index (χ4v) is 2.85. The van der Waals surface area contributed by atoms with Crippen molar-refractivity contribution in [1.82, 2.24) is 9.97 Å². The lowest BCUT2D eigenvalue weighted by Gasteiger charge is -2.37. The van der Waals surface area contributed by atoms with Crippen LogP contribution in [-0.4, -0.2) is 36.3 Å². The standard InChI is InChI=1S/C15H20N4O/c1-10-5-6-19(8-14(10)20-2)15-12-7-11(16)3-4-13(12)17-9-18-15/h3-4,7,9-10,14H,5-6,8,16H2,1-2H3. The molecule has 106 valence electrons. The van der Waals surface area contributed by atoms with Crippen LogP contribution in [0.15, 0.2) is 24.5 Å². The summed E-state index contributed by atoms with van der Waals surface area (Å²) in [5.41, 5.74) is 7.56. The normalized spacial score (nSPS) is 23.2. The van der Waals surface area contributed by atoms with Gasteiger partial charge < -0.3 is 15.4 Å². The molecule has 2 N–H and O–H groups in total. The highest BCUT2D eigenvalue weighted by molar-refractivity contribution is 5.91. The maximum atomic E-state index is 5.90. The second-order valence-electron chi connectivity index (χ2n) is 5.46. The van der Waals surface area contributed by atoms with Crippen molar-refractivity contribution in [3.8, 4) is 0 Å². The Morgan fingerprint density at radius 2 is 2.20 bits per heavy atom. The second-order valence-corrected chi connectivity index (χ2v) is 5.46. The Balaban J connectivity index is 1.99. The number of methoxy groups -OCH3 is 1. The zero-order valence-electron chi connectivity index (χ0n) is 11.9. The lowest BCUT2D eigenvalue weighted by atomic mass is 9.95. The molecular formula is C15H20N4O. The molecule has 3 rings (SSSR count).